The zero-order valence-corrected chi connectivity index (χ0v) is 11.1. The van der Waals surface area contributed by atoms with Crippen LogP contribution >= 0.6 is 0 Å². The van der Waals surface area contributed by atoms with Crippen molar-refractivity contribution in [1.82, 2.24) is 9.80 Å². The molecule has 0 aromatic carbocycles. The Labute approximate surface area is 111 Å². The number of hydrogen-bond donors (Lipinski definition) is 1. The van der Waals surface area contributed by atoms with Gasteiger partial charge in [0, 0.05) is 25.7 Å². The van der Waals surface area contributed by atoms with Crippen molar-refractivity contribution < 1.29 is 19.1 Å². The summed E-state index contributed by atoms with van der Waals surface area (Å²) in [7, 11) is 1.70. The number of aliphatic carboxylic acids is 1. The van der Waals surface area contributed by atoms with E-state index in [1.807, 2.05) is 6.92 Å². The molecule has 6 nitrogen and oxygen atoms in total. The Bertz CT molecular complexity index is 457. The van der Waals surface area contributed by atoms with Gasteiger partial charge in [0.25, 0.3) is 0 Å². The average molecular weight is 266 g/mol. The van der Waals surface area contributed by atoms with Gasteiger partial charge in [-0.15, -0.1) is 0 Å². The summed E-state index contributed by atoms with van der Waals surface area (Å²) in [5.41, 5.74) is 0.915. The highest BCUT2D eigenvalue weighted by atomic mass is 16.4. The van der Waals surface area contributed by atoms with Crippen LogP contribution in [0.15, 0.2) is 23.0 Å². The molecule has 104 valence electrons. The van der Waals surface area contributed by atoms with E-state index in [0.29, 0.717) is 13.1 Å². The number of carboxylic acids is 1. The molecule has 0 saturated carbocycles. The van der Waals surface area contributed by atoms with E-state index in [-0.39, 0.29) is 18.5 Å². The molecule has 2 amide bonds. The summed E-state index contributed by atoms with van der Waals surface area (Å²) >= 11 is 0. The molecule has 0 radical (unpaired) electrons. The Hall–Kier alpha value is -1.98. The summed E-state index contributed by atoms with van der Waals surface area (Å²) in [6, 6.07) is 1.66. The molecule has 2 heterocycles. The van der Waals surface area contributed by atoms with E-state index in [2.05, 4.69) is 0 Å². The topological polar surface area (TPSA) is 74.0 Å². The first-order valence-corrected chi connectivity index (χ1v) is 6.23. The van der Waals surface area contributed by atoms with Gasteiger partial charge in [0.2, 0.25) is 0 Å². The first-order valence-electron chi connectivity index (χ1n) is 6.23. The molecule has 2 unspecified atom stereocenters. The van der Waals surface area contributed by atoms with E-state index in [9.17, 15) is 9.59 Å². The molecule has 1 N–H and O–H groups in total. The lowest BCUT2D eigenvalue weighted by Crippen LogP contribution is -2.39. The van der Waals surface area contributed by atoms with Crippen LogP contribution < -0.4 is 0 Å². The summed E-state index contributed by atoms with van der Waals surface area (Å²) in [5.74, 6) is -1.31. The van der Waals surface area contributed by atoms with Gasteiger partial charge in [-0.25, -0.2) is 4.79 Å². The van der Waals surface area contributed by atoms with Crippen molar-refractivity contribution in [3.8, 4) is 0 Å². The normalized spacial score (nSPS) is 22.5. The van der Waals surface area contributed by atoms with Crippen LogP contribution in [0.4, 0.5) is 4.79 Å². The van der Waals surface area contributed by atoms with Crippen molar-refractivity contribution in [2.24, 2.45) is 11.8 Å². The maximum atomic E-state index is 12.2. The lowest BCUT2D eigenvalue weighted by molar-refractivity contribution is -0.142. The van der Waals surface area contributed by atoms with Gasteiger partial charge in [-0.1, -0.05) is 6.92 Å². The second kappa shape index (κ2) is 5.34. The Kier molecular flexibility index (Phi) is 3.78. The van der Waals surface area contributed by atoms with Gasteiger partial charge < -0.3 is 19.3 Å². The van der Waals surface area contributed by atoms with Crippen molar-refractivity contribution >= 4 is 12.0 Å². The second-order valence-electron chi connectivity index (χ2n) is 5.10. The third-order valence-corrected chi connectivity index (χ3v) is 3.53. The van der Waals surface area contributed by atoms with Crippen molar-refractivity contribution in [2.45, 2.75) is 13.5 Å². The third kappa shape index (κ3) is 2.89. The minimum Gasteiger partial charge on any atom is -0.481 e. The molecule has 19 heavy (non-hydrogen) atoms. The Balaban J connectivity index is 1.95. The minimum absolute atomic E-state index is 0.0104. The van der Waals surface area contributed by atoms with E-state index in [0.717, 1.165) is 5.56 Å². The highest BCUT2D eigenvalue weighted by Gasteiger charge is 2.37. The summed E-state index contributed by atoms with van der Waals surface area (Å²) in [5, 5.41) is 9.07. The number of amides is 2. The predicted molar refractivity (Wildman–Crippen MR) is 67.4 cm³/mol. The van der Waals surface area contributed by atoms with Crippen molar-refractivity contribution in [2.75, 3.05) is 20.1 Å². The van der Waals surface area contributed by atoms with Crippen LogP contribution in [-0.2, 0) is 11.3 Å². The highest BCUT2D eigenvalue weighted by Crippen LogP contribution is 2.24. The van der Waals surface area contributed by atoms with E-state index in [1.165, 1.54) is 0 Å². The predicted octanol–water partition coefficient (Wildman–Crippen LogP) is 1.48. The van der Waals surface area contributed by atoms with E-state index in [1.54, 1.807) is 35.4 Å². The van der Waals surface area contributed by atoms with Crippen LogP contribution in [0, 0.1) is 11.8 Å². The van der Waals surface area contributed by atoms with Crippen LogP contribution in [0.1, 0.15) is 12.5 Å². The maximum absolute atomic E-state index is 12.2. The number of carbonyl (C=O) groups excluding carboxylic acids is 1. The first kappa shape index (κ1) is 13.5. The monoisotopic (exact) mass is 266 g/mol. The Morgan fingerprint density at radius 2 is 2.26 bits per heavy atom. The number of urea groups is 1. The number of rotatable bonds is 3. The summed E-state index contributed by atoms with van der Waals surface area (Å²) < 4.78 is 4.96. The molecule has 2 atom stereocenters. The highest BCUT2D eigenvalue weighted by molar-refractivity contribution is 5.77. The number of carbonyl (C=O) groups is 2. The molecule has 6 heteroatoms. The van der Waals surface area contributed by atoms with E-state index >= 15 is 0 Å². The fourth-order valence-electron chi connectivity index (χ4n) is 2.41. The van der Waals surface area contributed by atoms with Gasteiger partial charge in [0.15, 0.2) is 0 Å². The zero-order valence-electron chi connectivity index (χ0n) is 11.1. The number of furan rings is 1. The third-order valence-electron chi connectivity index (χ3n) is 3.53. The molecule has 1 aliphatic heterocycles. The van der Waals surface area contributed by atoms with Crippen LogP contribution in [0.25, 0.3) is 0 Å². The fourth-order valence-corrected chi connectivity index (χ4v) is 2.41. The summed E-state index contributed by atoms with van der Waals surface area (Å²) in [6.45, 7) is 3.09. The molecule has 1 saturated heterocycles. The molecule has 0 aliphatic carbocycles. The Morgan fingerprint density at radius 1 is 1.53 bits per heavy atom. The van der Waals surface area contributed by atoms with E-state index < -0.39 is 11.9 Å². The average Bonchev–Trinajstić information content (AvgIpc) is 2.97. The van der Waals surface area contributed by atoms with Crippen molar-refractivity contribution in [3.63, 3.8) is 0 Å². The van der Waals surface area contributed by atoms with Crippen LogP contribution in [0.3, 0.4) is 0 Å². The van der Waals surface area contributed by atoms with Crippen LogP contribution in [-0.4, -0.2) is 47.0 Å². The molecule has 0 bridgehead atoms. The zero-order chi connectivity index (χ0) is 14.0. The lowest BCUT2D eigenvalue weighted by Gasteiger charge is -2.24. The van der Waals surface area contributed by atoms with Gasteiger partial charge in [0.05, 0.1) is 25.0 Å². The van der Waals surface area contributed by atoms with Gasteiger partial charge in [-0.05, 0) is 12.0 Å². The summed E-state index contributed by atoms with van der Waals surface area (Å²) in [6.07, 6.45) is 3.16. The largest absolute Gasteiger partial charge is 0.481 e. The minimum atomic E-state index is -0.833. The van der Waals surface area contributed by atoms with Gasteiger partial charge >= 0.3 is 12.0 Å². The van der Waals surface area contributed by atoms with Gasteiger partial charge in [-0.2, -0.15) is 0 Å². The maximum Gasteiger partial charge on any atom is 0.320 e. The smallest absolute Gasteiger partial charge is 0.320 e. The molecular formula is C13H18N2O4. The molecular weight excluding hydrogens is 248 g/mol. The van der Waals surface area contributed by atoms with Crippen LogP contribution in [0.2, 0.25) is 0 Å². The van der Waals surface area contributed by atoms with Crippen molar-refractivity contribution in [1.29, 1.82) is 0 Å². The van der Waals surface area contributed by atoms with Gasteiger partial charge in [0.1, 0.15) is 0 Å². The van der Waals surface area contributed by atoms with E-state index in [4.69, 9.17) is 9.52 Å². The number of carboxylic acid groups (broad SMARTS) is 1. The summed E-state index contributed by atoms with van der Waals surface area (Å²) in [4.78, 5) is 26.4. The second-order valence-corrected chi connectivity index (χ2v) is 5.10. The van der Waals surface area contributed by atoms with Crippen molar-refractivity contribution in [3.05, 3.63) is 24.2 Å². The molecule has 1 aromatic rings. The molecule has 1 fully saturated rings. The Morgan fingerprint density at radius 3 is 2.79 bits per heavy atom. The number of hydrogen-bond acceptors (Lipinski definition) is 3. The first-order chi connectivity index (χ1) is 8.99. The number of nitrogens with zero attached hydrogens (tertiary/aromatic N) is 2. The molecule has 1 aromatic heterocycles. The lowest BCUT2D eigenvalue weighted by atomic mass is 9.99. The molecule has 2 rings (SSSR count). The van der Waals surface area contributed by atoms with Gasteiger partial charge in [-0.3, -0.25) is 4.79 Å². The molecule has 0 spiro atoms. The standard InChI is InChI=1S/C13H18N2O4/c1-9-5-15(7-11(9)12(16)17)13(18)14(2)6-10-3-4-19-8-10/h3-4,8-9,11H,5-7H2,1-2H3,(H,16,17). The quantitative estimate of drug-likeness (QED) is 0.899. The molecule has 1 aliphatic rings. The van der Waals surface area contributed by atoms with Crippen LogP contribution in [0.5, 0.6) is 0 Å². The number of likely N-dealkylation sites (tertiary alicyclic amines) is 1. The fraction of sp³-hybridized carbons (Fsp3) is 0.538. The SMILES string of the molecule is CC1CN(C(=O)N(C)Cc2ccoc2)CC1C(=O)O.